The number of rotatable bonds is 2. The van der Waals surface area contributed by atoms with E-state index in [9.17, 15) is 4.39 Å². The molecule has 0 amide bonds. The fourth-order valence-electron chi connectivity index (χ4n) is 3.81. The van der Waals surface area contributed by atoms with Crippen molar-refractivity contribution in [3.05, 3.63) is 34.6 Å². The van der Waals surface area contributed by atoms with Gasteiger partial charge in [0.05, 0.1) is 0 Å². The Bertz CT molecular complexity index is 479. The first-order chi connectivity index (χ1) is 10.1. The average Bonchev–Trinajstić information content (AvgIpc) is 2.84. The zero-order chi connectivity index (χ0) is 14.9. The summed E-state index contributed by atoms with van der Waals surface area (Å²) in [4.78, 5) is 2.41. The molecule has 2 aliphatic rings. The van der Waals surface area contributed by atoms with Crippen LogP contribution in [-0.4, -0.2) is 29.6 Å². The Hall–Kier alpha value is -0.640. The normalized spacial score (nSPS) is 26.1. The van der Waals surface area contributed by atoms with Crippen LogP contribution in [0.3, 0.4) is 0 Å². The number of hydrogen-bond acceptors (Lipinski definition) is 2. The van der Waals surface area contributed by atoms with Crippen LogP contribution in [0.5, 0.6) is 0 Å². The van der Waals surface area contributed by atoms with Crippen LogP contribution in [0.25, 0.3) is 0 Å². The van der Waals surface area contributed by atoms with E-state index < -0.39 is 0 Å². The number of nitrogens with zero attached hydrogens (tertiary/aromatic N) is 1. The van der Waals surface area contributed by atoms with Crippen LogP contribution >= 0.6 is 11.6 Å². The Morgan fingerprint density at radius 2 is 2.14 bits per heavy atom. The second-order valence-corrected chi connectivity index (χ2v) is 7.06. The molecule has 0 radical (unpaired) electrons. The predicted octanol–water partition coefficient (Wildman–Crippen LogP) is 3.98. The number of hydrogen-bond donors (Lipinski definition) is 1. The van der Waals surface area contributed by atoms with Crippen LogP contribution in [0.2, 0.25) is 5.02 Å². The van der Waals surface area contributed by atoms with Gasteiger partial charge in [-0.2, -0.15) is 0 Å². The van der Waals surface area contributed by atoms with E-state index in [-0.39, 0.29) is 11.4 Å². The van der Waals surface area contributed by atoms with E-state index in [2.05, 4.69) is 17.1 Å². The molecular weight excluding hydrogens is 287 g/mol. The van der Waals surface area contributed by atoms with Gasteiger partial charge in [-0.25, -0.2) is 4.39 Å². The molecule has 4 heteroatoms. The molecule has 0 aromatic heterocycles. The van der Waals surface area contributed by atoms with E-state index in [0.29, 0.717) is 23.2 Å². The topological polar surface area (TPSA) is 15.3 Å². The van der Waals surface area contributed by atoms with Crippen molar-refractivity contribution in [1.29, 1.82) is 0 Å². The second-order valence-electron chi connectivity index (χ2n) is 6.66. The minimum Gasteiger partial charge on any atom is -0.310 e. The molecule has 1 aliphatic heterocycles. The van der Waals surface area contributed by atoms with Crippen molar-refractivity contribution in [3.63, 3.8) is 0 Å². The minimum atomic E-state index is -0.188. The van der Waals surface area contributed by atoms with Crippen LogP contribution < -0.4 is 5.32 Å². The molecule has 1 N–H and O–H groups in total. The molecule has 0 bridgehead atoms. The fraction of sp³-hybridized carbons (Fsp3) is 0.647. The Morgan fingerprint density at radius 3 is 2.86 bits per heavy atom. The Labute approximate surface area is 131 Å². The number of halogens is 2. The maximum absolute atomic E-state index is 14.1. The molecule has 1 aromatic carbocycles. The van der Waals surface area contributed by atoms with Gasteiger partial charge in [-0.15, -0.1) is 0 Å². The molecule has 2 nitrogen and oxygen atoms in total. The van der Waals surface area contributed by atoms with E-state index in [1.165, 1.54) is 31.7 Å². The van der Waals surface area contributed by atoms with Crippen molar-refractivity contribution in [3.8, 4) is 0 Å². The van der Waals surface area contributed by atoms with E-state index >= 15 is 0 Å². The van der Waals surface area contributed by atoms with Crippen LogP contribution in [-0.2, 0) is 6.54 Å². The molecule has 1 spiro atoms. The van der Waals surface area contributed by atoms with E-state index in [4.69, 9.17) is 11.6 Å². The smallest absolute Gasteiger partial charge is 0.129 e. The molecule has 1 saturated carbocycles. The first-order valence-electron chi connectivity index (χ1n) is 8.02. The zero-order valence-electron chi connectivity index (χ0n) is 12.7. The summed E-state index contributed by atoms with van der Waals surface area (Å²) in [5.41, 5.74) is 0.878. The molecule has 116 valence electrons. The first-order valence-corrected chi connectivity index (χ1v) is 8.39. The number of benzene rings is 1. The molecule has 1 aromatic rings. The maximum atomic E-state index is 14.1. The quantitative estimate of drug-likeness (QED) is 0.889. The fourth-order valence-corrected chi connectivity index (χ4v) is 4.04. The summed E-state index contributed by atoms with van der Waals surface area (Å²) in [5.74, 6) is -0.188. The molecule has 1 atom stereocenters. The molecule has 1 heterocycles. The van der Waals surface area contributed by atoms with Gasteiger partial charge in [-0.3, -0.25) is 4.90 Å². The Morgan fingerprint density at radius 1 is 1.38 bits per heavy atom. The lowest BCUT2D eigenvalue weighted by molar-refractivity contribution is 0.158. The number of nitrogens with one attached hydrogen (secondary N) is 1. The lowest BCUT2D eigenvalue weighted by Gasteiger charge is -2.35. The lowest BCUT2D eigenvalue weighted by Crippen LogP contribution is -2.50. The highest BCUT2D eigenvalue weighted by Gasteiger charge is 2.38. The predicted molar refractivity (Wildman–Crippen MR) is 85.1 cm³/mol. The SMILES string of the molecule is CC1CCNC2(CCCC2)CN1Cc1c(F)cccc1Cl. The summed E-state index contributed by atoms with van der Waals surface area (Å²) in [6.07, 6.45) is 6.18. The second kappa shape index (κ2) is 6.23. The third kappa shape index (κ3) is 3.25. The standard InChI is InChI=1S/C17H24ClFN2/c1-13-7-10-20-17(8-2-3-9-17)12-21(13)11-14-15(18)5-4-6-16(14)19/h4-6,13,20H,2-3,7-12H2,1H3. The third-order valence-electron chi connectivity index (χ3n) is 5.17. The first kappa shape index (κ1) is 15.3. The van der Waals surface area contributed by atoms with Crippen molar-refractivity contribution < 1.29 is 4.39 Å². The van der Waals surface area contributed by atoms with E-state index in [0.717, 1.165) is 19.5 Å². The van der Waals surface area contributed by atoms with Crippen molar-refractivity contribution in [1.82, 2.24) is 10.2 Å². The van der Waals surface area contributed by atoms with Gasteiger partial charge in [0, 0.05) is 35.3 Å². The van der Waals surface area contributed by atoms with E-state index in [1.807, 2.05) is 0 Å². The van der Waals surface area contributed by atoms with Crippen LogP contribution in [0, 0.1) is 5.82 Å². The largest absolute Gasteiger partial charge is 0.310 e. The highest BCUT2D eigenvalue weighted by molar-refractivity contribution is 6.31. The Kier molecular flexibility index (Phi) is 4.53. The molecule has 3 rings (SSSR count). The molecular formula is C17H24ClFN2. The zero-order valence-corrected chi connectivity index (χ0v) is 13.4. The minimum absolute atomic E-state index is 0.188. The van der Waals surface area contributed by atoms with Gasteiger partial charge in [0.25, 0.3) is 0 Å². The van der Waals surface area contributed by atoms with Crippen LogP contribution in [0.1, 0.15) is 44.6 Å². The monoisotopic (exact) mass is 310 g/mol. The lowest BCUT2D eigenvalue weighted by atomic mass is 9.96. The van der Waals surface area contributed by atoms with Gasteiger partial charge >= 0.3 is 0 Å². The van der Waals surface area contributed by atoms with Gasteiger partial charge < -0.3 is 5.32 Å². The Balaban J connectivity index is 1.81. The summed E-state index contributed by atoms with van der Waals surface area (Å²) < 4.78 is 14.1. The summed E-state index contributed by atoms with van der Waals surface area (Å²) in [6.45, 7) is 4.90. The molecule has 1 saturated heterocycles. The molecule has 2 fully saturated rings. The third-order valence-corrected chi connectivity index (χ3v) is 5.53. The summed E-state index contributed by atoms with van der Waals surface area (Å²) in [5, 5.41) is 4.31. The van der Waals surface area contributed by atoms with Crippen LogP contribution in [0.15, 0.2) is 18.2 Å². The van der Waals surface area contributed by atoms with E-state index in [1.54, 1.807) is 12.1 Å². The highest BCUT2D eigenvalue weighted by atomic mass is 35.5. The van der Waals surface area contributed by atoms with Crippen molar-refractivity contribution in [2.45, 2.75) is 57.2 Å². The molecule has 21 heavy (non-hydrogen) atoms. The average molecular weight is 311 g/mol. The summed E-state index contributed by atoms with van der Waals surface area (Å²) in [6, 6.07) is 5.42. The molecule has 1 aliphatic carbocycles. The highest BCUT2D eigenvalue weighted by Crippen LogP contribution is 2.34. The van der Waals surface area contributed by atoms with Gasteiger partial charge in [0.15, 0.2) is 0 Å². The van der Waals surface area contributed by atoms with Crippen molar-refractivity contribution >= 4 is 11.6 Å². The molecule has 1 unspecified atom stereocenters. The van der Waals surface area contributed by atoms with Crippen molar-refractivity contribution in [2.24, 2.45) is 0 Å². The summed E-state index contributed by atoms with van der Waals surface area (Å²) >= 11 is 6.21. The van der Waals surface area contributed by atoms with Crippen LogP contribution in [0.4, 0.5) is 4.39 Å². The van der Waals surface area contributed by atoms with Crippen molar-refractivity contribution in [2.75, 3.05) is 13.1 Å². The van der Waals surface area contributed by atoms with Gasteiger partial charge in [-0.05, 0) is 44.9 Å². The summed E-state index contributed by atoms with van der Waals surface area (Å²) in [7, 11) is 0. The van der Waals surface area contributed by atoms with Gasteiger partial charge in [0.1, 0.15) is 5.82 Å². The van der Waals surface area contributed by atoms with Gasteiger partial charge in [0.2, 0.25) is 0 Å². The van der Waals surface area contributed by atoms with Gasteiger partial charge in [-0.1, -0.05) is 30.5 Å². The maximum Gasteiger partial charge on any atom is 0.129 e.